The van der Waals surface area contributed by atoms with Crippen molar-refractivity contribution in [1.29, 1.82) is 0 Å². The number of ketones is 1. The fraction of sp³-hybridized carbons (Fsp3) is 0.533. The van der Waals surface area contributed by atoms with E-state index in [4.69, 9.17) is 4.74 Å². The highest BCUT2D eigenvalue weighted by Gasteiger charge is 2.32. The maximum Gasteiger partial charge on any atom is 0.142 e. The third-order valence-corrected chi connectivity index (χ3v) is 4.02. The molecule has 0 saturated heterocycles. The predicted octanol–water partition coefficient (Wildman–Crippen LogP) is 2.76. The molecule has 3 nitrogen and oxygen atoms in total. The van der Waals surface area contributed by atoms with Crippen LogP contribution in [0.15, 0.2) is 24.3 Å². The Bertz CT molecular complexity index is 422. The Labute approximate surface area is 129 Å². The predicted molar refractivity (Wildman–Crippen MR) is 86.6 cm³/mol. The first-order valence-electron chi connectivity index (χ1n) is 6.50. The number of hydrogen-bond acceptors (Lipinski definition) is 3. The second-order valence-electron chi connectivity index (χ2n) is 4.91. The van der Waals surface area contributed by atoms with Crippen molar-refractivity contribution in [3.8, 4) is 0 Å². The molecule has 1 unspecified atom stereocenters. The van der Waals surface area contributed by atoms with E-state index in [1.165, 1.54) is 0 Å². The lowest BCUT2D eigenvalue weighted by molar-refractivity contribution is -0.124. The summed E-state index contributed by atoms with van der Waals surface area (Å²) in [5.74, 6) is 0.142. The minimum absolute atomic E-state index is 0.142. The number of nitrogens with one attached hydrogen (secondary N) is 1. The Kier molecular flexibility index (Phi) is 6.96. The topological polar surface area (TPSA) is 38.3 Å². The Balaban J connectivity index is 2.72. The van der Waals surface area contributed by atoms with Crippen LogP contribution in [0.4, 0.5) is 0 Å². The molecule has 0 spiro atoms. The van der Waals surface area contributed by atoms with Gasteiger partial charge in [-0.05, 0) is 74.1 Å². The molecule has 106 valence electrons. The molecular weight excluding hydrogens is 353 g/mol. The smallest absolute Gasteiger partial charge is 0.142 e. The number of Topliss-reactive ketones (excluding diaryl/α,β-unsaturated/α-hetero) is 1. The monoisotopic (exact) mass is 375 g/mol. The molecule has 0 aliphatic rings. The van der Waals surface area contributed by atoms with Crippen LogP contribution >= 0.6 is 22.6 Å². The summed E-state index contributed by atoms with van der Waals surface area (Å²) in [6.07, 6.45) is 0.955. The first kappa shape index (κ1) is 16.6. The Morgan fingerprint density at radius 1 is 1.47 bits per heavy atom. The van der Waals surface area contributed by atoms with Crippen molar-refractivity contribution in [3.05, 3.63) is 33.4 Å². The summed E-state index contributed by atoms with van der Waals surface area (Å²) in [7, 11) is 1.92. The molecule has 19 heavy (non-hydrogen) atoms. The molecule has 1 aromatic carbocycles. The minimum atomic E-state index is -0.555. The van der Waals surface area contributed by atoms with Crippen LogP contribution in [0.2, 0.25) is 0 Å². The van der Waals surface area contributed by atoms with Crippen molar-refractivity contribution in [3.63, 3.8) is 0 Å². The van der Waals surface area contributed by atoms with Crippen molar-refractivity contribution >= 4 is 28.4 Å². The molecule has 0 amide bonds. The first-order valence-corrected chi connectivity index (χ1v) is 7.58. The van der Waals surface area contributed by atoms with Crippen molar-refractivity contribution < 1.29 is 9.53 Å². The standard InChI is InChI=1S/C15H22INO2/c1-12(18)15(2,11-19-9-5-8-17-3)13-6-4-7-14(16)10-13/h4,6-7,10,17H,5,8-9,11H2,1-3H3. The highest BCUT2D eigenvalue weighted by Crippen LogP contribution is 2.26. The van der Waals surface area contributed by atoms with Gasteiger partial charge in [0.05, 0.1) is 12.0 Å². The largest absolute Gasteiger partial charge is 0.380 e. The molecule has 4 heteroatoms. The number of rotatable bonds is 8. The molecule has 0 radical (unpaired) electrons. The van der Waals surface area contributed by atoms with Gasteiger partial charge in [-0.1, -0.05) is 12.1 Å². The van der Waals surface area contributed by atoms with Crippen LogP contribution in [0.3, 0.4) is 0 Å². The Hall–Kier alpha value is -0.460. The van der Waals surface area contributed by atoms with Crippen LogP contribution in [-0.2, 0) is 14.9 Å². The molecule has 0 aromatic heterocycles. The van der Waals surface area contributed by atoms with E-state index in [2.05, 4.69) is 34.0 Å². The first-order chi connectivity index (χ1) is 9.00. The van der Waals surface area contributed by atoms with E-state index in [0.717, 1.165) is 22.1 Å². The van der Waals surface area contributed by atoms with Crippen LogP contribution < -0.4 is 5.32 Å². The maximum atomic E-state index is 12.0. The second-order valence-corrected chi connectivity index (χ2v) is 6.15. The molecule has 0 saturated carbocycles. The summed E-state index contributed by atoms with van der Waals surface area (Å²) < 4.78 is 6.83. The van der Waals surface area contributed by atoms with Gasteiger partial charge in [0.2, 0.25) is 0 Å². The van der Waals surface area contributed by atoms with Crippen LogP contribution in [0, 0.1) is 3.57 Å². The molecular formula is C15H22INO2. The van der Waals surface area contributed by atoms with Gasteiger partial charge >= 0.3 is 0 Å². The van der Waals surface area contributed by atoms with Crippen molar-refractivity contribution in [1.82, 2.24) is 5.32 Å². The summed E-state index contributed by atoms with van der Waals surface area (Å²) in [4.78, 5) is 12.0. The molecule has 0 fully saturated rings. The summed E-state index contributed by atoms with van der Waals surface area (Å²) in [5, 5.41) is 3.08. The van der Waals surface area contributed by atoms with Crippen LogP contribution in [-0.4, -0.2) is 32.6 Å². The van der Waals surface area contributed by atoms with Gasteiger partial charge < -0.3 is 10.1 Å². The normalized spacial score (nSPS) is 14.1. The van der Waals surface area contributed by atoms with Gasteiger partial charge in [-0.2, -0.15) is 0 Å². The van der Waals surface area contributed by atoms with Crippen LogP contribution in [0.25, 0.3) is 0 Å². The summed E-state index contributed by atoms with van der Waals surface area (Å²) in [6, 6.07) is 8.07. The average molecular weight is 375 g/mol. The Morgan fingerprint density at radius 2 is 2.21 bits per heavy atom. The van der Waals surface area contributed by atoms with Gasteiger partial charge in [0, 0.05) is 10.2 Å². The molecule has 1 atom stereocenters. The van der Waals surface area contributed by atoms with E-state index >= 15 is 0 Å². The molecule has 1 rings (SSSR count). The zero-order valence-electron chi connectivity index (χ0n) is 11.8. The quantitative estimate of drug-likeness (QED) is 0.561. The average Bonchev–Trinajstić information content (AvgIpc) is 2.38. The van der Waals surface area contributed by atoms with Gasteiger partial charge in [-0.15, -0.1) is 0 Å². The van der Waals surface area contributed by atoms with Gasteiger partial charge in [-0.3, -0.25) is 4.79 Å². The fourth-order valence-electron chi connectivity index (χ4n) is 1.85. The maximum absolute atomic E-state index is 12.0. The van der Waals surface area contributed by atoms with Crippen LogP contribution in [0.1, 0.15) is 25.8 Å². The lowest BCUT2D eigenvalue weighted by atomic mass is 9.80. The molecule has 0 aliphatic heterocycles. The molecule has 1 aromatic rings. The summed E-state index contributed by atoms with van der Waals surface area (Å²) in [6.45, 7) is 5.63. The number of hydrogen-bond donors (Lipinski definition) is 1. The van der Waals surface area contributed by atoms with Gasteiger partial charge in [0.25, 0.3) is 0 Å². The van der Waals surface area contributed by atoms with Gasteiger partial charge in [-0.25, -0.2) is 0 Å². The van der Waals surface area contributed by atoms with Crippen LogP contribution in [0.5, 0.6) is 0 Å². The number of carbonyl (C=O) groups is 1. The molecule has 1 N–H and O–H groups in total. The highest BCUT2D eigenvalue weighted by atomic mass is 127. The van der Waals surface area contributed by atoms with Crippen molar-refractivity contribution in [2.24, 2.45) is 0 Å². The number of ether oxygens (including phenoxy) is 1. The third kappa shape index (κ3) is 4.85. The number of halogens is 1. The summed E-state index contributed by atoms with van der Waals surface area (Å²) >= 11 is 2.26. The molecule has 0 aliphatic carbocycles. The van der Waals surface area contributed by atoms with Gasteiger partial charge in [0.15, 0.2) is 0 Å². The van der Waals surface area contributed by atoms with E-state index in [1.807, 2.05) is 32.2 Å². The molecule has 0 bridgehead atoms. The minimum Gasteiger partial charge on any atom is -0.380 e. The SMILES string of the molecule is CNCCCOCC(C)(C(C)=O)c1cccc(I)c1. The third-order valence-electron chi connectivity index (χ3n) is 3.34. The lowest BCUT2D eigenvalue weighted by Crippen LogP contribution is -2.36. The fourth-order valence-corrected chi connectivity index (χ4v) is 2.39. The Morgan fingerprint density at radius 3 is 2.79 bits per heavy atom. The zero-order chi connectivity index (χ0) is 14.3. The van der Waals surface area contributed by atoms with Crippen molar-refractivity contribution in [2.75, 3.05) is 26.8 Å². The molecule has 0 heterocycles. The number of carbonyl (C=O) groups excluding carboxylic acids is 1. The van der Waals surface area contributed by atoms with E-state index in [9.17, 15) is 4.79 Å². The van der Waals surface area contributed by atoms with E-state index < -0.39 is 5.41 Å². The highest BCUT2D eigenvalue weighted by molar-refractivity contribution is 14.1. The second kappa shape index (κ2) is 7.97. The zero-order valence-corrected chi connectivity index (χ0v) is 14.0. The van der Waals surface area contributed by atoms with E-state index in [0.29, 0.717) is 13.2 Å². The van der Waals surface area contributed by atoms with Crippen molar-refractivity contribution in [2.45, 2.75) is 25.7 Å². The summed E-state index contributed by atoms with van der Waals surface area (Å²) in [5.41, 5.74) is 0.474. The van der Waals surface area contributed by atoms with E-state index in [1.54, 1.807) is 6.92 Å². The lowest BCUT2D eigenvalue weighted by Gasteiger charge is -2.27. The van der Waals surface area contributed by atoms with E-state index in [-0.39, 0.29) is 5.78 Å². The van der Waals surface area contributed by atoms with Gasteiger partial charge in [0.1, 0.15) is 5.78 Å². The number of benzene rings is 1.